The van der Waals surface area contributed by atoms with Gasteiger partial charge in [-0.2, -0.15) is 0 Å². The van der Waals surface area contributed by atoms with E-state index in [9.17, 15) is 4.79 Å². The van der Waals surface area contributed by atoms with Gasteiger partial charge in [0.1, 0.15) is 5.60 Å². The lowest BCUT2D eigenvalue weighted by molar-refractivity contribution is -0.153. The van der Waals surface area contributed by atoms with Crippen LogP contribution in [0.25, 0.3) is 0 Å². The highest BCUT2D eigenvalue weighted by Gasteiger charge is 2.16. The summed E-state index contributed by atoms with van der Waals surface area (Å²) in [5.41, 5.74) is 2.14. The van der Waals surface area contributed by atoms with Gasteiger partial charge in [-0.25, -0.2) is 0 Å². The molecule has 118 valence electrons. The first-order valence-corrected chi connectivity index (χ1v) is 7.86. The van der Waals surface area contributed by atoms with Crippen molar-refractivity contribution in [3.63, 3.8) is 0 Å². The lowest BCUT2D eigenvalue weighted by atomic mass is 10.0. The van der Waals surface area contributed by atoms with Gasteiger partial charge < -0.3 is 10.1 Å². The number of benzene rings is 1. The molecule has 1 unspecified atom stereocenters. The molecule has 0 heterocycles. The number of unbranched alkanes of at least 4 members (excludes halogenated alkanes) is 1. The molecule has 0 radical (unpaired) electrons. The van der Waals surface area contributed by atoms with Crippen molar-refractivity contribution >= 4 is 5.97 Å². The number of esters is 1. The van der Waals surface area contributed by atoms with Crippen molar-refractivity contribution in [3.05, 3.63) is 35.4 Å². The van der Waals surface area contributed by atoms with Crippen LogP contribution in [0.15, 0.2) is 24.3 Å². The predicted octanol–water partition coefficient (Wildman–Crippen LogP) is 4.02. The van der Waals surface area contributed by atoms with E-state index in [1.807, 2.05) is 20.8 Å². The Morgan fingerprint density at radius 1 is 1.24 bits per heavy atom. The standard InChI is InChI=1S/C18H29NO2/c1-6-7-8-15-9-11-16(12-10-15)14(2)19-13-17(20)21-18(3,4)5/h9-12,14,19H,6-8,13H2,1-5H3. The molecule has 0 bridgehead atoms. The molecule has 3 heteroatoms. The third-order valence-corrected chi connectivity index (χ3v) is 3.27. The summed E-state index contributed by atoms with van der Waals surface area (Å²) in [7, 11) is 0. The number of hydrogen-bond donors (Lipinski definition) is 1. The van der Waals surface area contributed by atoms with Crippen LogP contribution in [0, 0.1) is 0 Å². The maximum absolute atomic E-state index is 11.7. The molecule has 1 aromatic carbocycles. The zero-order valence-electron chi connectivity index (χ0n) is 14.0. The minimum absolute atomic E-state index is 0.137. The van der Waals surface area contributed by atoms with Crippen molar-refractivity contribution in [2.24, 2.45) is 0 Å². The van der Waals surface area contributed by atoms with Crippen molar-refractivity contribution in [2.45, 2.75) is 65.5 Å². The van der Waals surface area contributed by atoms with E-state index in [0.717, 1.165) is 6.42 Å². The lowest BCUT2D eigenvalue weighted by Crippen LogP contribution is -2.32. The number of aryl methyl sites for hydroxylation is 1. The summed E-state index contributed by atoms with van der Waals surface area (Å²) in [5, 5.41) is 3.21. The van der Waals surface area contributed by atoms with Gasteiger partial charge in [0.2, 0.25) is 0 Å². The van der Waals surface area contributed by atoms with Gasteiger partial charge in [-0.15, -0.1) is 0 Å². The molecule has 0 aliphatic carbocycles. The smallest absolute Gasteiger partial charge is 0.320 e. The van der Waals surface area contributed by atoms with Crippen molar-refractivity contribution in [1.82, 2.24) is 5.32 Å². The Hall–Kier alpha value is -1.35. The Labute approximate surface area is 129 Å². The van der Waals surface area contributed by atoms with Gasteiger partial charge in [-0.3, -0.25) is 4.79 Å². The first kappa shape index (κ1) is 17.7. The third-order valence-electron chi connectivity index (χ3n) is 3.27. The number of nitrogens with one attached hydrogen (secondary N) is 1. The second-order valence-corrected chi connectivity index (χ2v) is 6.53. The monoisotopic (exact) mass is 291 g/mol. The molecule has 0 aliphatic heterocycles. The van der Waals surface area contributed by atoms with Gasteiger partial charge in [-0.05, 0) is 51.7 Å². The molecule has 21 heavy (non-hydrogen) atoms. The van der Waals surface area contributed by atoms with Crippen LogP contribution in [-0.4, -0.2) is 18.1 Å². The summed E-state index contributed by atoms with van der Waals surface area (Å²) >= 11 is 0. The molecule has 3 nitrogen and oxygen atoms in total. The molecule has 0 fully saturated rings. The van der Waals surface area contributed by atoms with Gasteiger partial charge in [0.05, 0.1) is 6.54 Å². The van der Waals surface area contributed by atoms with E-state index in [-0.39, 0.29) is 18.6 Å². The number of ether oxygens (including phenoxy) is 1. The molecule has 0 aliphatic rings. The highest BCUT2D eigenvalue weighted by Crippen LogP contribution is 2.15. The highest BCUT2D eigenvalue weighted by atomic mass is 16.6. The van der Waals surface area contributed by atoms with Gasteiger partial charge in [-0.1, -0.05) is 37.6 Å². The summed E-state index contributed by atoms with van der Waals surface area (Å²) in [6, 6.07) is 8.76. The van der Waals surface area contributed by atoms with Crippen molar-refractivity contribution in [3.8, 4) is 0 Å². The van der Waals surface area contributed by atoms with Gasteiger partial charge in [0.15, 0.2) is 0 Å². The topological polar surface area (TPSA) is 38.3 Å². The summed E-state index contributed by atoms with van der Waals surface area (Å²) in [6.45, 7) is 10.1. The zero-order chi connectivity index (χ0) is 15.9. The molecular formula is C18H29NO2. The van der Waals surface area contributed by atoms with Crippen LogP contribution in [0.5, 0.6) is 0 Å². The normalized spacial score (nSPS) is 13.0. The van der Waals surface area contributed by atoms with E-state index in [1.54, 1.807) is 0 Å². The molecule has 1 aromatic rings. The quantitative estimate of drug-likeness (QED) is 0.771. The summed E-state index contributed by atoms with van der Waals surface area (Å²) in [6.07, 6.45) is 3.58. The fraction of sp³-hybridized carbons (Fsp3) is 0.611. The number of carbonyl (C=O) groups excluding carboxylic acids is 1. The van der Waals surface area contributed by atoms with Crippen molar-refractivity contribution in [1.29, 1.82) is 0 Å². The van der Waals surface area contributed by atoms with Gasteiger partial charge >= 0.3 is 5.97 Å². The van der Waals surface area contributed by atoms with Gasteiger partial charge in [0, 0.05) is 6.04 Å². The van der Waals surface area contributed by atoms with E-state index in [1.165, 1.54) is 24.0 Å². The Kier molecular flexibility index (Phi) is 6.90. The highest BCUT2D eigenvalue weighted by molar-refractivity contribution is 5.72. The second-order valence-electron chi connectivity index (χ2n) is 6.53. The largest absolute Gasteiger partial charge is 0.459 e. The van der Waals surface area contributed by atoms with Crippen LogP contribution in [0.4, 0.5) is 0 Å². The predicted molar refractivity (Wildman–Crippen MR) is 87.3 cm³/mol. The van der Waals surface area contributed by atoms with E-state index < -0.39 is 5.60 Å². The molecular weight excluding hydrogens is 262 g/mol. The third kappa shape index (κ3) is 7.28. The molecule has 0 saturated heterocycles. The van der Waals surface area contributed by atoms with E-state index in [0.29, 0.717) is 0 Å². The lowest BCUT2D eigenvalue weighted by Gasteiger charge is -2.21. The fourth-order valence-electron chi connectivity index (χ4n) is 2.09. The molecule has 1 atom stereocenters. The number of carbonyl (C=O) groups is 1. The first-order valence-electron chi connectivity index (χ1n) is 7.86. The fourth-order valence-corrected chi connectivity index (χ4v) is 2.09. The zero-order valence-corrected chi connectivity index (χ0v) is 14.0. The summed E-state index contributed by atoms with van der Waals surface area (Å²) in [4.78, 5) is 11.7. The Balaban J connectivity index is 2.44. The van der Waals surface area contributed by atoms with Crippen LogP contribution in [-0.2, 0) is 16.0 Å². The van der Waals surface area contributed by atoms with E-state index in [2.05, 4.69) is 43.4 Å². The minimum atomic E-state index is -0.428. The van der Waals surface area contributed by atoms with Crippen LogP contribution in [0.1, 0.15) is 64.6 Å². The Morgan fingerprint density at radius 3 is 2.38 bits per heavy atom. The summed E-state index contributed by atoms with van der Waals surface area (Å²) in [5.74, 6) is -0.214. The van der Waals surface area contributed by atoms with Crippen molar-refractivity contribution in [2.75, 3.05) is 6.54 Å². The number of hydrogen-bond acceptors (Lipinski definition) is 3. The van der Waals surface area contributed by atoms with Crippen LogP contribution >= 0.6 is 0 Å². The van der Waals surface area contributed by atoms with Crippen molar-refractivity contribution < 1.29 is 9.53 Å². The molecule has 1 rings (SSSR count). The Morgan fingerprint density at radius 2 is 1.86 bits per heavy atom. The number of rotatable bonds is 7. The minimum Gasteiger partial charge on any atom is -0.459 e. The summed E-state index contributed by atoms with van der Waals surface area (Å²) < 4.78 is 5.29. The molecule has 0 amide bonds. The second kappa shape index (κ2) is 8.18. The Bertz CT molecular complexity index is 432. The molecule has 0 aromatic heterocycles. The van der Waals surface area contributed by atoms with Gasteiger partial charge in [0.25, 0.3) is 0 Å². The average Bonchev–Trinajstić information content (AvgIpc) is 2.41. The van der Waals surface area contributed by atoms with E-state index >= 15 is 0 Å². The SMILES string of the molecule is CCCCc1ccc(C(C)NCC(=O)OC(C)(C)C)cc1. The molecule has 1 N–H and O–H groups in total. The molecule has 0 saturated carbocycles. The van der Waals surface area contributed by atoms with Crippen LogP contribution in [0.3, 0.4) is 0 Å². The van der Waals surface area contributed by atoms with Crippen LogP contribution in [0.2, 0.25) is 0 Å². The maximum atomic E-state index is 11.7. The average molecular weight is 291 g/mol. The molecule has 0 spiro atoms. The van der Waals surface area contributed by atoms with Crippen LogP contribution < -0.4 is 5.32 Å². The maximum Gasteiger partial charge on any atom is 0.320 e. The first-order chi connectivity index (χ1) is 9.81. The van der Waals surface area contributed by atoms with E-state index in [4.69, 9.17) is 4.74 Å².